The quantitative estimate of drug-likeness (QED) is 0.701. The summed E-state index contributed by atoms with van der Waals surface area (Å²) in [5.74, 6) is -0.737. The minimum absolute atomic E-state index is 0.213. The molecule has 18 heavy (non-hydrogen) atoms. The highest BCUT2D eigenvalue weighted by Crippen LogP contribution is 2.33. The van der Waals surface area contributed by atoms with Gasteiger partial charge in [0.15, 0.2) is 0 Å². The van der Waals surface area contributed by atoms with E-state index in [0.717, 1.165) is 6.07 Å². The molecule has 2 aromatic carbocycles. The second kappa shape index (κ2) is 3.84. The molecule has 2 nitrogen and oxygen atoms in total. The van der Waals surface area contributed by atoms with E-state index in [-0.39, 0.29) is 11.6 Å². The number of phenols is 1. The highest BCUT2D eigenvalue weighted by atomic mass is 19.1. The van der Waals surface area contributed by atoms with Crippen molar-refractivity contribution in [2.24, 2.45) is 0 Å². The Balaban J connectivity index is 2.19. The standard InChI is InChI=1S/C14H8F2O2/c15-9-2-4-13-8(5-9)6-14(18-13)11-3-1-10(16)7-12(11)17/h1-7,17H. The highest BCUT2D eigenvalue weighted by Gasteiger charge is 2.11. The molecule has 90 valence electrons. The van der Waals surface area contributed by atoms with Crippen LogP contribution in [0.2, 0.25) is 0 Å². The summed E-state index contributed by atoms with van der Waals surface area (Å²) in [6.45, 7) is 0. The number of furan rings is 1. The van der Waals surface area contributed by atoms with Gasteiger partial charge in [0, 0.05) is 11.5 Å². The normalized spacial score (nSPS) is 11.0. The Kier molecular flexibility index (Phi) is 2.30. The molecule has 1 heterocycles. The molecule has 0 fully saturated rings. The lowest BCUT2D eigenvalue weighted by Crippen LogP contribution is -1.78. The van der Waals surface area contributed by atoms with Crippen LogP contribution >= 0.6 is 0 Å². The monoisotopic (exact) mass is 246 g/mol. The number of halogens is 2. The maximum Gasteiger partial charge on any atom is 0.139 e. The van der Waals surface area contributed by atoms with E-state index in [0.29, 0.717) is 22.3 Å². The second-order valence-electron chi connectivity index (χ2n) is 3.95. The molecule has 0 unspecified atom stereocenters. The predicted octanol–water partition coefficient (Wildman–Crippen LogP) is 4.08. The maximum absolute atomic E-state index is 13.0. The molecule has 0 saturated carbocycles. The van der Waals surface area contributed by atoms with Crippen molar-refractivity contribution in [3.05, 3.63) is 54.1 Å². The van der Waals surface area contributed by atoms with Crippen LogP contribution in [-0.4, -0.2) is 5.11 Å². The molecule has 0 spiro atoms. The van der Waals surface area contributed by atoms with Gasteiger partial charge in [-0.2, -0.15) is 0 Å². The number of benzene rings is 2. The summed E-state index contributed by atoms with van der Waals surface area (Å²) < 4.78 is 31.4. The third kappa shape index (κ3) is 1.72. The number of rotatable bonds is 1. The van der Waals surface area contributed by atoms with E-state index in [1.54, 1.807) is 6.07 Å². The largest absolute Gasteiger partial charge is 0.507 e. The molecule has 0 atom stereocenters. The zero-order valence-corrected chi connectivity index (χ0v) is 9.15. The number of aromatic hydroxyl groups is 1. The van der Waals surface area contributed by atoms with Crippen molar-refractivity contribution in [2.75, 3.05) is 0 Å². The fourth-order valence-electron chi connectivity index (χ4n) is 1.86. The molecule has 3 rings (SSSR count). The number of hydrogen-bond acceptors (Lipinski definition) is 2. The predicted molar refractivity (Wildman–Crippen MR) is 63.2 cm³/mol. The maximum atomic E-state index is 13.0. The van der Waals surface area contributed by atoms with Gasteiger partial charge in [-0.3, -0.25) is 0 Å². The lowest BCUT2D eigenvalue weighted by molar-refractivity contribution is 0.468. The van der Waals surface area contributed by atoms with Crippen LogP contribution in [0.5, 0.6) is 5.75 Å². The van der Waals surface area contributed by atoms with Gasteiger partial charge in [-0.1, -0.05) is 0 Å². The van der Waals surface area contributed by atoms with Crippen LogP contribution in [0.4, 0.5) is 8.78 Å². The minimum Gasteiger partial charge on any atom is -0.507 e. The van der Waals surface area contributed by atoms with Crippen LogP contribution in [0.3, 0.4) is 0 Å². The van der Waals surface area contributed by atoms with E-state index >= 15 is 0 Å². The number of phenolic OH excluding ortho intramolecular Hbond substituents is 1. The molecule has 1 N–H and O–H groups in total. The van der Waals surface area contributed by atoms with Gasteiger partial charge >= 0.3 is 0 Å². The van der Waals surface area contributed by atoms with Crippen LogP contribution in [0.1, 0.15) is 0 Å². The molecule has 0 bridgehead atoms. The topological polar surface area (TPSA) is 33.4 Å². The van der Waals surface area contributed by atoms with E-state index in [9.17, 15) is 13.9 Å². The van der Waals surface area contributed by atoms with Crippen molar-refractivity contribution >= 4 is 11.0 Å². The lowest BCUT2D eigenvalue weighted by atomic mass is 10.1. The molecule has 0 amide bonds. The third-order valence-electron chi connectivity index (χ3n) is 2.70. The van der Waals surface area contributed by atoms with Gasteiger partial charge in [0.05, 0.1) is 5.56 Å². The van der Waals surface area contributed by atoms with Gasteiger partial charge in [-0.15, -0.1) is 0 Å². The fraction of sp³-hybridized carbons (Fsp3) is 0. The van der Waals surface area contributed by atoms with Crippen LogP contribution in [0.25, 0.3) is 22.3 Å². The summed E-state index contributed by atoms with van der Waals surface area (Å²) in [5.41, 5.74) is 0.878. The Morgan fingerprint density at radius 1 is 0.889 bits per heavy atom. The third-order valence-corrected chi connectivity index (χ3v) is 2.70. The summed E-state index contributed by atoms with van der Waals surface area (Å²) in [5, 5.41) is 10.2. The average Bonchev–Trinajstić information content (AvgIpc) is 2.71. The number of hydrogen-bond donors (Lipinski definition) is 1. The van der Waals surface area contributed by atoms with Gasteiger partial charge in [-0.05, 0) is 36.4 Å². The van der Waals surface area contributed by atoms with E-state index in [4.69, 9.17) is 4.42 Å². The SMILES string of the molecule is Oc1cc(F)ccc1-c1cc2cc(F)ccc2o1. The first-order valence-corrected chi connectivity index (χ1v) is 5.31. The zero-order valence-electron chi connectivity index (χ0n) is 9.15. The lowest BCUT2D eigenvalue weighted by Gasteiger charge is -2.00. The van der Waals surface area contributed by atoms with Crippen molar-refractivity contribution < 1.29 is 18.3 Å². The summed E-state index contributed by atoms with van der Waals surface area (Å²) in [6, 6.07) is 9.38. The van der Waals surface area contributed by atoms with E-state index in [1.165, 1.54) is 30.3 Å². The van der Waals surface area contributed by atoms with Crippen molar-refractivity contribution in [3.8, 4) is 17.1 Å². The van der Waals surface area contributed by atoms with Crippen molar-refractivity contribution in [1.82, 2.24) is 0 Å². The van der Waals surface area contributed by atoms with Crippen LogP contribution in [-0.2, 0) is 0 Å². The van der Waals surface area contributed by atoms with E-state index < -0.39 is 5.82 Å². The molecule has 0 aliphatic carbocycles. The molecule has 3 aromatic rings. The van der Waals surface area contributed by atoms with Crippen LogP contribution in [0, 0.1) is 11.6 Å². The Labute approximate surface area is 101 Å². The van der Waals surface area contributed by atoms with Gasteiger partial charge in [0.25, 0.3) is 0 Å². The average molecular weight is 246 g/mol. The smallest absolute Gasteiger partial charge is 0.139 e. The van der Waals surface area contributed by atoms with Crippen LogP contribution < -0.4 is 0 Å². The first-order valence-electron chi connectivity index (χ1n) is 5.31. The Hall–Kier alpha value is -2.36. The Bertz CT molecular complexity index is 732. The first-order chi connectivity index (χ1) is 8.63. The van der Waals surface area contributed by atoms with Crippen molar-refractivity contribution in [2.45, 2.75) is 0 Å². The van der Waals surface area contributed by atoms with Crippen molar-refractivity contribution in [1.29, 1.82) is 0 Å². The summed E-state index contributed by atoms with van der Waals surface area (Å²) in [6.07, 6.45) is 0. The van der Waals surface area contributed by atoms with Gasteiger partial charge in [0.1, 0.15) is 28.7 Å². The van der Waals surface area contributed by atoms with E-state index in [1.807, 2.05) is 0 Å². The molecule has 0 aliphatic heterocycles. The first kappa shape index (κ1) is 10.8. The van der Waals surface area contributed by atoms with Gasteiger partial charge in [-0.25, -0.2) is 8.78 Å². The molecule has 4 heteroatoms. The molecule has 0 saturated heterocycles. The fourth-order valence-corrected chi connectivity index (χ4v) is 1.86. The molecular weight excluding hydrogens is 238 g/mol. The molecular formula is C14H8F2O2. The van der Waals surface area contributed by atoms with Gasteiger partial charge < -0.3 is 9.52 Å². The van der Waals surface area contributed by atoms with Crippen molar-refractivity contribution in [3.63, 3.8) is 0 Å². The number of fused-ring (bicyclic) bond motifs is 1. The summed E-state index contributed by atoms with van der Waals surface area (Å²) >= 11 is 0. The van der Waals surface area contributed by atoms with Crippen LogP contribution in [0.15, 0.2) is 46.9 Å². The minimum atomic E-state index is -0.529. The Morgan fingerprint density at radius 3 is 2.39 bits per heavy atom. The second-order valence-corrected chi connectivity index (χ2v) is 3.95. The molecule has 0 radical (unpaired) electrons. The zero-order chi connectivity index (χ0) is 12.7. The summed E-state index contributed by atoms with van der Waals surface area (Å²) in [4.78, 5) is 0. The molecule has 0 aliphatic rings. The molecule has 1 aromatic heterocycles. The highest BCUT2D eigenvalue weighted by molar-refractivity contribution is 5.84. The van der Waals surface area contributed by atoms with E-state index in [2.05, 4.69) is 0 Å². The summed E-state index contributed by atoms with van der Waals surface area (Å²) in [7, 11) is 0. The Morgan fingerprint density at radius 2 is 1.61 bits per heavy atom. The van der Waals surface area contributed by atoms with Gasteiger partial charge in [0.2, 0.25) is 0 Å².